The van der Waals surface area contributed by atoms with Crippen LogP contribution in [-0.2, 0) is 16.1 Å². The van der Waals surface area contributed by atoms with E-state index >= 15 is 0 Å². The van der Waals surface area contributed by atoms with E-state index < -0.39 is 11.6 Å². The SMILES string of the molecule is CCOC(=O)c1sc(NC2=NC(C)(NCc3cc(OC)c(OC)c(OC)c3)C=C(N3CCCC(C(N)=O)C3)N2)nc1C. The van der Waals surface area contributed by atoms with Crippen molar-refractivity contribution in [3.8, 4) is 17.2 Å². The molecule has 228 valence electrons. The number of carbonyl (C=O) groups excluding carboxylic acids is 2. The minimum absolute atomic E-state index is 0.246. The molecule has 1 fully saturated rings. The maximum absolute atomic E-state index is 12.4. The Balaban J connectivity index is 1.63. The molecule has 0 saturated carbocycles. The molecule has 2 atom stereocenters. The highest BCUT2D eigenvalue weighted by Gasteiger charge is 2.32. The van der Waals surface area contributed by atoms with E-state index in [4.69, 9.17) is 29.7 Å². The molecule has 14 heteroatoms. The summed E-state index contributed by atoms with van der Waals surface area (Å²) < 4.78 is 21.6. The van der Waals surface area contributed by atoms with Crippen LogP contribution >= 0.6 is 11.3 Å². The molecular formula is C28H39N7O6S. The number of nitrogens with two attached hydrogens (primary N) is 1. The van der Waals surface area contributed by atoms with Crippen LogP contribution in [0.4, 0.5) is 5.13 Å². The van der Waals surface area contributed by atoms with E-state index in [-0.39, 0.29) is 18.4 Å². The number of nitrogens with one attached hydrogen (secondary N) is 3. The van der Waals surface area contributed by atoms with Gasteiger partial charge in [0.05, 0.1) is 39.5 Å². The smallest absolute Gasteiger partial charge is 0.350 e. The van der Waals surface area contributed by atoms with Gasteiger partial charge in [0.15, 0.2) is 16.6 Å². The quantitative estimate of drug-likeness (QED) is 0.280. The fraction of sp³-hybridized carbons (Fsp3) is 0.500. The van der Waals surface area contributed by atoms with Crippen LogP contribution in [-0.4, -0.2) is 74.4 Å². The van der Waals surface area contributed by atoms with Crippen LogP contribution in [0.25, 0.3) is 0 Å². The van der Waals surface area contributed by atoms with Crippen molar-refractivity contribution < 1.29 is 28.5 Å². The van der Waals surface area contributed by atoms with Crippen LogP contribution in [0.1, 0.15) is 47.6 Å². The summed E-state index contributed by atoms with van der Waals surface area (Å²) in [6.07, 6.45) is 3.57. The Morgan fingerprint density at radius 2 is 1.93 bits per heavy atom. The molecule has 5 N–H and O–H groups in total. The highest BCUT2D eigenvalue weighted by molar-refractivity contribution is 7.17. The minimum Gasteiger partial charge on any atom is -0.493 e. The van der Waals surface area contributed by atoms with Gasteiger partial charge in [0.25, 0.3) is 0 Å². The molecule has 1 saturated heterocycles. The van der Waals surface area contributed by atoms with Crippen LogP contribution in [0.5, 0.6) is 17.2 Å². The van der Waals surface area contributed by atoms with E-state index in [9.17, 15) is 9.59 Å². The molecule has 2 unspecified atom stereocenters. The second-order valence-electron chi connectivity index (χ2n) is 10.1. The van der Waals surface area contributed by atoms with Gasteiger partial charge in [-0.3, -0.25) is 10.1 Å². The van der Waals surface area contributed by atoms with Crippen LogP contribution in [0.15, 0.2) is 29.0 Å². The summed E-state index contributed by atoms with van der Waals surface area (Å²) in [5.41, 5.74) is 6.24. The number of amides is 1. The third kappa shape index (κ3) is 7.05. The molecule has 0 radical (unpaired) electrons. The third-order valence-corrected chi connectivity index (χ3v) is 8.08. The third-order valence-electron chi connectivity index (χ3n) is 7.03. The summed E-state index contributed by atoms with van der Waals surface area (Å²) in [4.78, 5) is 36.3. The largest absolute Gasteiger partial charge is 0.493 e. The molecule has 13 nitrogen and oxygen atoms in total. The van der Waals surface area contributed by atoms with E-state index in [1.165, 1.54) is 11.3 Å². The van der Waals surface area contributed by atoms with Crippen LogP contribution in [0.2, 0.25) is 0 Å². The van der Waals surface area contributed by atoms with Gasteiger partial charge in [0, 0.05) is 19.6 Å². The predicted molar refractivity (Wildman–Crippen MR) is 160 cm³/mol. The van der Waals surface area contributed by atoms with Crippen molar-refractivity contribution in [3.05, 3.63) is 40.2 Å². The molecule has 2 aliphatic heterocycles. The van der Waals surface area contributed by atoms with Gasteiger partial charge >= 0.3 is 5.97 Å². The molecule has 1 aromatic carbocycles. The van der Waals surface area contributed by atoms with Crippen molar-refractivity contribution in [2.75, 3.05) is 46.3 Å². The van der Waals surface area contributed by atoms with Crippen LogP contribution in [0.3, 0.4) is 0 Å². The number of aryl methyl sites for hydroxylation is 1. The van der Waals surface area contributed by atoms with E-state index in [1.807, 2.05) is 25.1 Å². The molecule has 42 heavy (non-hydrogen) atoms. The van der Waals surface area contributed by atoms with Crippen molar-refractivity contribution in [1.29, 1.82) is 0 Å². The number of methoxy groups -OCH3 is 3. The molecule has 1 aromatic heterocycles. The van der Waals surface area contributed by atoms with Crippen molar-refractivity contribution in [3.63, 3.8) is 0 Å². The first kappa shape index (κ1) is 30.9. The average molecular weight is 602 g/mol. The maximum atomic E-state index is 12.4. The number of ether oxygens (including phenoxy) is 4. The summed E-state index contributed by atoms with van der Waals surface area (Å²) in [5, 5.41) is 10.6. The first-order valence-corrected chi connectivity index (χ1v) is 14.5. The number of guanidine groups is 1. The Morgan fingerprint density at radius 3 is 2.55 bits per heavy atom. The van der Waals surface area contributed by atoms with Gasteiger partial charge in [-0.05, 0) is 57.4 Å². The molecular weight excluding hydrogens is 562 g/mol. The lowest BCUT2D eigenvalue weighted by atomic mass is 9.97. The Labute approximate surface area is 249 Å². The van der Waals surface area contributed by atoms with Crippen LogP contribution in [0, 0.1) is 12.8 Å². The van der Waals surface area contributed by atoms with E-state index in [0.29, 0.717) is 52.0 Å². The number of benzene rings is 1. The fourth-order valence-corrected chi connectivity index (χ4v) is 5.78. The number of hydrogen-bond acceptors (Lipinski definition) is 13. The molecule has 2 aromatic rings. The van der Waals surface area contributed by atoms with Crippen LogP contribution < -0.4 is 35.9 Å². The zero-order valence-electron chi connectivity index (χ0n) is 24.8. The Kier molecular flexibility index (Phi) is 9.78. The highest BCUT2D eigenvalue weighted by atomic mass is 32.1. The normalized spacial score (nSPS) is 20.1. The molecule has 0 aliphatic carbocycles. The van der Waals surface area contributed by atoms with Gasteiger partial charge in [-0.25, -0.2) is 14.8 Å². The summed E-state index contributed by atoms with van der Waals surface area (Å²) >= 11 is 1.19. The number of aliphatic imine (C=N–C) groups is 1. The number of esters is 1. The average Bonchev–Trinajstić information content (AvgIpc) is 3.34. The maximum Gasteiger partial charge on any atom is 0.350 e. The highest BCUT2D eigenvalue weighted by Crippen LogP contribution is 2.38. The lowest BCUT2D eigenvalue weighted by Crippen LogP contribution is -2.52. The van der Waals surface area contributed by atoms with E-state index in [0.717, 1.165) is 30.8 Å². The van der Waals surface area contributed by atoms with Gasteiger partial charge in [0.2, 0.25) is 17.6 Å². The number of nitrogens with zero attached hydrogens (tertiary/aromatic N) is 3. The number of anilines is 1. The monoisotopic (exact) mass is 601 g/mol. The van der Waals surface area contributed by atoms with Gasteiger partial charge in [-0.1, -0.05) is 11.3 Å². The molecule has 2 aliphatic rings. The minimum atomic E-state index is -0.876. The topological polar surface area (TPSA) is 162 Å². The molecule has 3 heterocycles. The summed E-state index contributed by atoms with van der Waals surface area (Å²) in [7, 11) is 4.71. The first-order chi connectivity index (χ1) is 20.1. The lowest BCUT2D eigenvalue weighted by Gasteiger charge is -2.39. The summed E-state index contributed by atoms with van der Waals surface area (Å²) in [6, 6.07) is 3.76. The van der Waals surface area contributed by atoms with Crippen molar-refractivity contribution >= 4 is 34.3 Å². The summed E-state index contributed by atoms with van der Waals surface area (Å²) in [5.74, 6) is 1.85. The van der Waals surface area contributed by atoms with Crippen molar-refractivity contribution in [1.82, 2.24) is 20.5 Å². The second-order valence-corrected chi connectivity index (χ2v) is 11.1. The zero-order valence-corrected chi connectivity index (χ0v) is 25.6. The number of carbonyl (C=O) groups is 2. The number of aromatic nitrogens is 1. The fourth-order valence-electron chi connectivity index (χ4n) is 4.92. The van der Waals surface area contributed by atoms with E-state index in [1.54, 1.807) is 35.2 Å². The summed E-state index contributed by atoms with van der Waals surface area (Å²) in [6.45, 7) is 7.41. The van der Waals surface area contributed by atoms with Gasteiger partial charge < -0.3 is 40.2 Å². The Bertz CT molecular complexity index is 1350. The predicted octanol–water partition coefficient (Wildman–Crippen LogP) is 2.57. The molecule has 0 bridgehead atoms. The number of likely N-dealkylation sites (tertiary alicyclic amines) is 1. The Morgan fingerprint density at radius 1 is 1.21 bits per heavy atom. The number of rotatable bonds is 11. The number of piperidine rings is 1. The van der Waals surface area contributed by atoms with Gasteiger partial charge in [0.1, 0.15) is 16.4 Å². The number of thiazole rings is 1. The number of primary amides is 1. The molecule has 1 amide bonds. The lowest BCUT2D eigenvalue weighted by molar-refractivity contribution is -0.123. The van der Waals surface area contributed by atoms with Gasteiger partial charge in [-0.15, -0.1) is 0 Å². The van der Waals surface area contributed by atoms with Crippen molar-refractivity contribution in [2.24, 2.45) is 16.6 Å². The second kappa shape index (κ2) is 13.3. The molecule has 0 spiro atoms. The standard InChI is InChI=1S/C28H39N7O6S/c1-7-41-25(37)23-16(2)31-27(42-23)33-26-32-21(35-10-8-9-18(15-35)24(29)36)13-28(3,34-26)30-14-17-11-19(38-4)22(40-6)20(12-17)39-5/h11-13,18,30H,7-10,14-15H2,1-6H3,(H2,29,36)(H2,31,32,33,34). The first-order valence-electron chi connectivity index (χ1n) is 13.7. The Hall–Kier alpha value is -4.04. The van der Waals surface area contributed by atoms with E-state index in [2.05, 4.69) is 25.8 Å². The van der Waals surface area contributed by atoms with Crippen molar-refractivity contribution in [2.45, 2.75) is 45.8 Å². The van der Waals surface area contributed by atoms with Gasteiger partial charge in [-0.2, -0.15) is 0 Å². The number of hydrogen-bond donors (Lipinski definition) is 4. The zero-order chi connectivity index (χ0) is 30.4. The molecule has 4 rings (SSSR count).